The number of benzene rings is 10. The molecule has 15 nitrogen and oxygen atoms in total. The highest BCUT2D eigenvalue weighted by Gasteiger charge is 2.33. The average molecular weight is 1910 g/mol. The second-order valence-electron chi connectivity index (χ2n) is 40.0. The number of pyridine rings is 10. The lowest BCUT2D eigenvalue weighted by Crippen LogP contribution is -2.31. The highest BCUT2D eigenvalue weighted by Crippen LogP contribution is 2.50. The first-order valence-corrected chi connectivity index (χ1v) is 50.8. The Hall–Kier alpha value is -16.0. The number of nitrogens with zero attached hydrogens (tertiary/aromatic N) is 10. The summed E-state index contributed by atoms with van der Waals surface area (Å²) >= 11 is 0. The van der Waals surface area contributed by atoms with Crippen molar-refractivity contribution in [2.75, 3.05) is 0 Å². The number of fused-ring (bicyclic) bond motifs is 25. The topological polar surface area (TPSA) is 150 Å². The van der Waals surface area contributed by atoms with E-state index in [2.05, 4.69) is 292 Å². The van der Waals surface area contributed by atoms with Crippen LogP contribution in [0.15, 0.2) is 320 Å². The Kier molecular flexibility index (Phi) is 22.7. The Morgan fingerprint density at radius 1 is 0.276 bits per heavy atom. The van der Waals surface area contributed by atoms with Gasteiger partial charge in [-0.2, -0.15) is 0 Å². The molecule has 0 aliphatic heterocycles. The van der Waals surface area contributed by atoms with E-state index in [-0.39, 0.29) is 17.8 Å². The zero-order valence-electron chi connectivity index (χ0n) is 90.9. The summed E-state index contributed by atoms with van der Waals surface area (Å²) in [4.78, 5) is 22.7. The van der Waals surface area contributed by atoms with Crippen LogP contribution in [0.2, 0.25) is 0 Å². The molecule has 0 spiro atoms. The number of hydrogen-bond donors (Lipinski definition) is 0. The third-order valence-corrected chi connectivity index (χ3v) is 30.0. The van der Waals surface area contributed by atoms with Gasteiger partial charge in [0.2, 0.25) is 57.0 Å². The van der Waals surface area contributed by atoms with Gasteiger partial charge in [0.15, 0.2) is 31.0 Å². The standard InChI is InChI=1S/C29H29N2O.C28H27N2O.C26H25N2O.C24H21N2O.C23H19N2O/c1-19-22-11-6-7-12-23(22)28-27(24-13-8-15-30-29(24)32-28)26(19)25-18-21(14-16-31(25)2)17-20-9-4-3-5-10-20;1-18-21-10-5-6-11-22(21)27-26(23-12-7-14-29-28(23)31-27)25(18)24-17-20(13-15-30(24)2)16-19-8-3-4-9-19;1-16(2)14-18-11-13-28(4)22(15-18)23-17(3)19-8-5-6-9-20(19)25-24(23)21-10-7-12-27-26(21)29-25;1-14-11-12-26(4)20(13-14)21-16(3)17-7-5-6-8-18(17)23-22(21)19-10-9-15(2)25-24(19)27-23;1-14-11-12-18-21-20(19-10-6-7-13-25(19)3)15(2)16-8-4-5-9-17(16)22(21)26-23(18)24-14/h6-8,11-16,18,20H,3-5,9-10,17H2,1-2H3;5-7,10-15,17,19H,3-4,8-9,16H2,1-2H3;5-13,15-16H,14H2,1-4H3;5-13H,1-4H3;4-13H,1-3H3/q5*+1/i17D2;16D2;14D2;;. The molecule has 27 rings (SSSR count). The average Bonchev–Trinajstić information content (AvgIpc) is 1.63. The molecule has 0 radical (unpaired) electrons. The maximum absolute atomic E-state index is 9.07. The van der Waals surface area contributed by atoms with Crippen LogP contribution >= 0.6 is 0 Å². The molecule has 0 N–H and O–H groups in total. The number of hydrogen-bond acceptors (Lipinski definition) is 10. The van der Waals surface area contributed by atoms with Crippen LogP contribution in [0.5, 0.6) is 0 Å². The fraction of sp³-hybridized carbons (Fsp3) is 0.231. The van der Waals surface area contributed by atoms with Gasteiger partial charge in [-0.25, -0.2) is 47.8 Å². The highest BCUT2D eigenvalue weighted by atomic mass is 16.4. The summed E-state index contributed by atoms with van der Waals surface area (Å²) in [5.74, 6) is 0.0120. The molecule has 0 atom stereocenters. The van der Waals surface area contributed by atoms with Crippen molar-refractivity contribution in [2.45, 2.75) is 146 Å². The summed E-state index contributed by atoms with van der Waals surface area (Å²) in [6, 6.07) is 84.8. The van der Waals surface area contributed by atoms with Gasteiger partial charge in [-0.3, -0.25) is 0 Å². The van der Waals surface area contributed by atoms with Crippen molar-refractivity contribution in [3.8, 4) is 56.3 Å². The Morgan fingerprint density at radius 3 is 0.897 bits per heavy atom. The van der Waals surface area contributed by atoms with Crippen molar-refractivity contribution < 1.29 is 53.1 Å². The smallest absolute Gasteiger partial charge is 0.227 e. The van der Waals surface area contributed by atoms with Crippen molar-refractivity contribution >= 4 is 164 Å². The zero-order chi connectivity index (χ0) is 105. The predicted molar refractivity (Wildman–Crippen MR) is 591 cm³/mol. The maximum Gasteiger partial charge on any atom is 0.227 e. The fourth-order valence-corrected chi connectivity index (χ4v) is 22.9. The summed E-state index contributed by atoms with van der Waals surface area (Å²) in [7, 11) is 10.3. The van der Waals surface area contributed by atoms with E-state index in [9.17, 15) is 0 Å². The van der Waals surface area contributed by atoms with Crippen LogP contribution in [0.3, 0.4) is 0 Å². The first-order chi connectivity index (χ1) is 72.9. The fourth-order valence-electron chi connectivity index (χ4n) is 22.9. The summed E-state index contributed by atoms with van der Waals surface area (Å²) in [5.41, 5.74) is 30.0. The minimum absolute atomic E-state index is 0.0680. The van der Waals surface area contributed by atoms with Crippen molar-refractivity contribution in [3.05, 3.63) is 360 Å². The molecule has 15 heterocycles. The highest BCUT2D eigenvalue weighted by molar-refractivity contribution is 6.27. The molecule has 145 heavy (non-hydrogen) atoms. The Balaban J connectivity index is 0.000000104. The van der Waals surface area contributed by atoms with E-state index in [1.807, 2.05) is 140 Å². The second-order valence-corrected chi connectivity index (χ2v) is 40.0. The van der Waals surface area contributed by atoms with Crippen LogP contribution in [-0.2, 0) is 54.4 Å². The lowest BCUT2D eigenvalue weighted by Gasteiger charge is -2.21. The van der Waals surface area contributed by atoms with Crippen molar-refractivity contribution in [3.63, 3.8) is 0 Å². The zero-order valence-corrected chi connectivity index (χ0v) is 84.9. The molecule has 2 aliphatic rings. The summed E-state index contributed by atoms with van der Waals surface area (Å²) < 4.78 is 95.4. The van der Waals surface area contributed by atoms with Gasteiger partial charge >= 0.3 is 0 Å². The Bertz CT molecular complexity index is 9810. The third-order valence-electron chi connectivity index (χ3n) is 30.0. The molecule has 2 aliphatic carbocycles. The lowest BCUT2D eigenvalue weighted by atomic mass is 9.84. The molecule has 2 fully saturated rings. The van der Waals surface area contributed by atoms with Gasteiger partial charge in [0, 0.05) is 180 Å². The van der Waals surface area contributed by atoms with E-state index < -0.39 is 19.1 Å². The molecule has 0 unspecified atom stereocenters. The molecule has 15 heteroatoms. The van der Waals surface area contributed by atoms with Crippen LogP contribution in [0.4, 0.5) is 0 Å². The molecule has 0 amide bonds. The molecule has 0 saturated heterocycles. The van der Waals surface area contributed by atoms with Crippen LogP contribution in [0.1, 0.15) is 141 Å². The Morgan fingerprint density at radius 2 is 0.552 bits per heavy atom. The first kappa shape index (κ1) is 85.7. The molecule has 15 aromatic heterocycles. The molecule has 716 valence electrons. The summed E-state index contributed by atoms with van der Waals surface area (Å²) in [6.07, 6.45) is 20.8. The van der Waals surface area contributed by atoms with Crippen molar-refractivity contribution in [2.24, 2.45) is 53.0 Å². The number of aryl methyl sites for hydroxylation is 13. The van der Waals surface area contributed by atoms with Gasteiger partial charge < -0.3 is 22.1 Å². The minimum Gasteiger partial charge on any atom is -0.437 e. The van der Waals surface area contributed by atoms with Crippen LogP contribution in [-0.4, -0.2) is 24.9 Å². The number of rotatable bonds is 11. The van der Waals surface area contributed by atoms with E-state index in [1.165, 1.54) is 67.5 Å². The largest absolute Gasteiger partial charge is 0.437 e. The normalized spacial score (nSPS) is 14.1. The first-order valence-electron chi connectivity index (χ1n) is 53.8. The lowest BCUT2D eigenvalue weighted by molar-refractivity contribution is -0.660. The van der Waals surface area contributed by atoms with E-state index >= 15 is 0 Å². The van der Waals surface area contributed by atoms with Crippen LogP contribution in [0.25, 0.3) is 220 Å². The molecular weight excluding hydrogens is 1780 g/mol. The monoisotopic (exact) mass is 1910 g/mol. The second kappa shape index (κ2) is 38.4. The van der Waals surface area contributed by atoms with E-state index in [0.29, 0.717) is 34.1 Å². The quantitative estimate of drug-likeness (QED) is 0.115. The van der Waals surface area contributed by atoms with Gasteiger partial charge in [0.05, 0.1) is 27.8 Å². The molecule has 2 saturated carbocycles. The molecule has 0 bridgehead atoms. The van der Waals surface area contributed by atoms with Crippen molar-refractivity contribution in [1.82, 2.24) is 24.9 Å². The van der Waals surface area contributed by atoms with Gasteiger partial charge in [-0.15, -0.1) is 0 Å². The summed E-state index contributed by atoms with van der Waals surface area (Å²) in [5, 5.41) is 21.8. The summed E-state index contributed by atoms with van der Waals surface area (Å²) in [6.45, 7) is 20.8. The van der Waals surface area contributed by atoms with Crippen molar-refractivity contribution in [1.29, 1.82) is 0 Å². The molecule has 10 aromatic carbocycles. The van der Waals surface area contributed by atoms with Gasteiger partial charge in [-0.05, 0) is 236 Å². The van der Waals surface area contributed by atoms with Crippen LogP contribution < -0.4 is 22.8 Å². The number of aromatic nitrogens is 10. The van der Waals surface area contributed by atoms with Gasteiger partial charge in [-0.1, -0.05) is 193 Å². The van der Waals surface area contributed by atoms with Crippen LogP contribution in [0, 0.1) is 73.1 Å². The van der Waals surface area contributed by atoms with Gasteiger partial charge in [0.25, 0.3) is 0 Å². The van der Waals surface area contributed by atoms with Gasteiger partial charge in [0.1, 0.15) is 63.2 Å². The van der Waals surface area contributed by atoms with E-state index in [4.69, 9.17) is 30.3 Å². The SMILES string of the molecule is Cc1cc[n+](C)c(-c2c(C)c3ccccc3c3oc4nc(C)ccc4c23)c1.Cc1ccc2c(n1)oc1c3ccccc3c(C)c(-c3cccc[n+]3C)c21.[2H]C([2H])(c1cc[n+](C)c(-c2c(C)c3ccccc3c3oc4ncccc4c23)c1)C(C)C.[2H]C([2H])(c1cc[n+](C)c(-c2c(C)c3ccccc3c3oc4ncccc4c23)c1)C1CCCC1.[2H]C([2H])(c1cc[n+](C)c(-c2c(C)c3ccccc3c3oc4ncccc4c23)c1)C1CCCCC1. The predicted octanol–water partition coefficient (Wildman–Crippen LogP) is 30.6. The van der Waals surface area contributed by atoms with E-state index in [0.717, 1.165) is 238 Å². The minimum atomic E-state index is -1.42. The van der Waals surface area contributed by atoms with E-state index in [1.54, 1.807) is 18.6 Å². The maximum atomic E-state index is 9.07. The molecular formula is C130H121N10O5+5. The molecule has 25 aromatic rings. The third kappa shape index (κ3) is 16.8. The number of furan rings is 5. The Labute approximate surface area is 852 Å².